The average Bonchev–Trinajstić information content (AvgIpc) is 2.64. The molecule has 1 heterocycles. The Morgan fingerprint density at radius 2 is 1.96 bits per heavy atom. The first-order chi connectivity index (χ1) is 12.4. The lowest BCUT2D eigenvalue weighted by molar-refractivity contribution is -0.114. The van der Waals surface area contributed by atoms with E-state index in [2.05, 4.69) is 21.2 Å². The molecule has 0 spiro atoms. The van der Waals surface area contributed by atoms with Crippen molar-refractivity contribution in [1.82, 2.24) is 4.90 Å². The molecule has 2 aromatic carbocycles. The van der Waals surface area contributed by atoms with Crippen molar-refractivity contribution in [2.24, 2.45) is 0 Å². The minimum Gasteiger partial charge on any atom is -0.370 e. The highest BCUT2D eigenvalue weighted by Gasteiger charge is 2.26. The fraction of sp³-hybridized carbons (Fsp3) is 0.263. The molecule has 1 aliphatic heterocycles. The SMILES string of the molecule is CC(=O)Nc1ccc(C(=O)N2CCOC(c3ccc(F)c(Br)c3)C2)cc1. The second kappa shape index (κ2) is 7.97. The number of nitrogens with zero attached hydrogens (tertiary/aromatic N) is 1. The third kappa shape index (κ3) is 4.28. The van der Waals surface area contributed by atoms with E-state index >= 15 is 0 Å². The van der Waals surface area contributed by atoms with Gasteiger partial charge in [-0.2, -0.15) is 0 Å². The van der Waals surface area contributed by atoms with Crippen LogP contribution in [0.4, 0.5) is 10.1 Å². The van der Waals surface area contributed by atoms with Crippen LogP contribution in [-0.4, -0.2) is 36.4 Å². The van der Waals surface area contributed by atoms with E-state index in [-0.39, 0.29) is 23.7 Å². The number of nitrogens with one attached hydrogen (secondary N) is 1. The normalized spacial score (nSPS) is 17.0. The highest BCUT2D eigenvalue weighted by atomic mass is 79.9. The summed E-state index contributed by atoms with van der Waals surface area (Å²) >= 11 is 3.18. The number of amides is 2. The zero-order chi connectivity index (χ0) is 18.7. The maximum atomic E-state index is 13.4. The van der Waals surface area contributed by atoms with Gasteiger partial charge in [-0.25, -0.2) is 4.39 Å². The third-order valence-corrected chi connectivity index (χ3v) is 4.73. The molecule has 1 atom stereocenters. The number of halogens is 2. The Morgan fingerprint density at radius 1 is 1.23 bits per heavy atom. The Labute approximate surface area is 159 Å². The molecule has 1 aliphatic rings. The average molecular weight is 421 g/mol. The first kappa shape index (κ1) is 18.5. The molecule has 7 heteroatoms. The highest BCUT2D eigenvalue weighted by molar-refractivity contribution is 9.10. The lowest BCUT2D eigenvalue weighted by Gasteiger charge is -2.33. The van der Waals surface area contributed by atoms with Crippen molar-refractivity contribution in [1.29, 1.82) is 0 Å². The fourth-order valence-corrected chi connectivity index (χ4v) is 3.23. The molecule has 3 rings (SSSR count). The van der Waals surface area contributed by atoms with Gasteiger partial charge in [0, 0.05) is 24.7 Å². The van der Waals surface area contributed by atoms with Crippen LogP contribution in [0.1, 0.15) is 28.9 Å². The summed E-state index contributed by atoms with van der Waals surface area (Å²) in [6.07, 6.45) is -0.303. The smallest absolute Gasteiger partial charge is 0.254 e. The molecular formula is C19H18BrFN2O3. The predicted molar refractivity (Wildman–Crippen MR) is 99.4 cm³/mol. The summed E-state index contributed by atoms with van der Waals surface area (Å²) in [4.78, 5) is 25.5. The molecule has 0 aliphatic carbocycles. The number of hydrogen-bond acceptors (Lipinski definition) is 3. The zero-order valence-electron chi connectivity index (χ0n) is 14.2. The van der Waals surface area contributed by atoms with Crippen molar-refractivity contribution in [2.45, 2.75) is 13.0 Å². The van der Waals surface area contributed by atoms with Crippen LogP contribution in [0.5, 0.6) is 0 Å². The molecule has 1 fully saturated rings. The predicted octanol–water partition coefficient (Wildman–Crippen LogP) is 3.76. The number of ether oxygens (including phenoxy) is 1. The number of carbonyl (C=O) groups excluding carboxylic acids is 2. The number of rotatable bonds is 3. The maximum Gasteiger partial charge on any atom is 0.254 e. The van der Waals surface area contributed by atoms with E-state index in [1.54, 1.807) is 41.3 Å². The Morgan fingerprint density at radius 3 is 2.62 bits per heavy atom. The van der Waals surface area contributed by atoms with Gasteiger partial charge < -0.3 is 15.0 Å². The quantitative estimate of drug-likeness (QED) is 0.821. The lowest BCUT2D eigenvalue weighted by atomic mass is 10.1. The highest BCUT2D eigenvalue weighted by Crippen LogP contribution is 2.27. The van der Waals surface area contributed by atoms with E-state index < -0.39 is 0 Å². The Kier molecular flexibility index (Phi) is 5.68. The molecule has 136 valence electrons. The van der Waals surface area contributed by atoms with E-state index in [4.69, 9.17) is 4.74 Å². The topological polar surface area (TPSA) is 58.6 Å². The molecule has 2 amide bonds. The van der Waals surface area contributed by atoms with Crippen LogP contribution in [0.15, 0.2) is 46.9 Å². The summed E-state index contributed by atoms with van der Waals surface area (Å²) in [7, 11) is 0. The number of hydrogen-bond donors (Lipinski definition) is 1. The minimum atomic E-state index is -0.336. The summed E-state index contributed by atoms with van der Waals surface area (Å²) in [6.45, 7) is 2.73. The van der Waals surface area contributed by atoms with Crippen LogP contribution in [0, 0.1) is 5.82 Å². The molecule has 0 bridgehead atoms. The Bertz CT molecular complexity index is 826. The van der Waals surface area contributed by atoms with Crippen molar-refractivity contribution in [2.75, 3.05) is 25.0 Å². The second-order valence-corrected chi connectivity index (χ2v) is 6.90. The fourth-order valence-electron chi connectivity index (χ4n) is 2.83. The summed E-state index contributed by atoms with van der Waals surface area (Å²) in [5, 5.41) is 2.67. The zero-order valence-corrected chi connectivity index (χ0v) is 15.8. The van der Waals surface area contributed by atoms with Gasteiger partial charge >= 0.3 is 0 Å². The minimum absolute atomic E-state index is 0.103. The van der Waals surface area contributed by atoms with Crippen molar-refractivity contribution >= 4 is 33.4 Å². The van der Waals surface area contributed by atoms with Gasteiger partial charge in [0.05, 0.1) is 17.6 Å². The molecule has 1 unspecified atom stereocenters. The van der Waals surface area contributed by atoms with Crippen molar-refractivity contribution in [3.63, 3.8) is 0 Å². The largest absolute Gasteiger partial charge is 0.370 e. The number of morpholine rings is 1. The van der Waals surface area contributed by atoms with Crippen molar-refractivity contribution in [3.8, 4) is 0 Å². The van der Waals surface area contributed by atoms with Crippen LogP contribution in [0.3, 0.4) is 0 Å². The van der Waals surface area contributed by atoms with Crippen LogP contribution in [-0.2, 0) is 9.53 Å². The summed E-state index contributed by atoms with van der Waals surface area (Å²) < 4.78 is 19.5. The molecule has 1 N–H and O–H groups in total. The molecule has 0 aromatic heterocycles. The summed E-state index contributed by atoms with van der Waals surface area (Å²) in [5.41, 5.74) is 2.00. The van der Waals surface area contributed by atoms with Crippen molar-refractivity contribution < 1.29 is 18.7 Å². The third-order valence-electron chi connectivity index (χ3n) is 4.12. The van der Waals surface area contributed by atoms with Gasteiger partial charge in [-0.3, -0.25) is 9.59 Å². The molecule has 2 aromatic rings. The van der Waals surface area contributed by atoms with Crippen LogP contribution >= 0.6 is 15.9 Å². The Hall–Kier alpha value is -2.25. The van der Waals surface area contributed by atoms with E-state index in [0.717, 1.165) is 5.56 Å². The molecule has 1 saturated heterocycles. The molecule has 0 saturated carbocycles. The van der Waals surface area contributed by atoms with Gasteiger partial charge in [-0.1, -0.05) is 6.07 Å². The number of benzene rings is 2. The first-order valence-corrected chi connectivity index (χ1v) is 8.97. The Balaban J connectivity index is 1.71. The number of carbonyl (C=O) groups is 2. The molecule has 5 nitrogen and oxygen atoms in total. The van der Waals surface area contributed by atoms with Gasteiger partial charge in [-0.05, 0) is 57.9 Å². The second-order valence-electron chi connectivity index (χ2n) is 6.04. The van der Waals surface area contributed by atoms with Gasteiger partial charge in [0.2, 0.25) is 5.91 Å². The lowest BCUT2D eigenvalue weighted by Crippen LogP contribution is -2.42. The standard InChI is InChI=1S/C19H18BrFN2O3/c1-12(24)22-15-5-2-13(3-6-15)19(25)23-8-9-26-18(11-23)14-4-7-17(21)16(20)10-14/h2-7,10,18H,8-9,11H2,1H3,(H,22,24). The van der Waals surface area contributed by atoms with Gasteiger partial charge in [0.1, 0.15) is 11.9 Å². The van der Waals surface area contributed by atoms with E-state index in [1.807, 2.05) is 0 Å². The first-order valence-electron chi connectivity index (χ1n) is 8.17. The van der Waals surface area contributed by atoms with E-state index in [0.29, 0.717) is 35.4 Å². The molecular weight excluding hydrogens is 403 g/mol. The van der Waals surface area contributed by atoms with Gasteiger partial charge in [0.25, 0.3) is 5.91 Å². The monoisotopic (exact) mass is 420 g/mol. The van der Waals surface area contributed by atoms with E-state index in [1.165, 1.54) is 13.0 Å². The summed E-state index contributed by atoms with van der Waals surface area (Å²) in [6, 6.07) is 11.5. The van der Waals surface area contributed by atoms with E-state index in [9.17, 15) is 14.0 Å². The molecule has 26 heavy (non-hydrogen) atoms. The van der Waals surface area contributed by atoms with Crippen molar-refractivity contribution in [3.05, 3.63) is 63.9 Å². The van der Waals surface area contributed by atoms with Gasteiger partial charge in [0.15, 0.2) is 0 Å². The number of anilines is 1. The summed E-state index contributed by atoms with van der Waals surface area (Å²) in [5.74, 6) is -0.601. The molecule has 0 radical (unpaired) electrons. The van der Waals surface area contributed by atoms with Crippen LogP contribution in [0.25, 0.3) is 0 Å². The van der Waals surface area contributed by atoms with Crippen LogP contribution < -0.4 is 5.32 Å². The van der Waals surface area contributed by atoms with Crippen LogP contribution in [0.2, 0.25) is 0 Å². The van der Waals surface area contributed by atoms with Gasteiger partial charge in [-0.15, -0.1) is 0 Å². The maximum absolute atomic E-state index is 13.4.